The maximum atomic E-state index is 6.14. The van der Waals surface area contributed by atoms with Crippen LogP contribution in [0.4, 0.5) is 0 Å². The van der Waals surface area contributed by atoms with E-state index in [0.717, 1.165) is 24.6 Å². The Morgan fingerprint density at radius 2 is 2.11 bits per heavy atom. The van der Waals surface area contributed by atoms with E-state index in [0.29, 0.717) is 10.0 Å². The molecular formula is C16H19Cl2N. The third-order valence-corrected chi connectivity index (χ3v) is 5.27. The normalized spacial score (nSPS) is 26.6. The van der Waals surface area contributed by atoms with Crippen molar-refractivity contribution in [3.63, 3.8) is 0 Å². The Balaban J connectivity index is 1.88. The minimum absolute atomic E-state index is 0.221. The molecule has 2 fully saturated rings. The molecule has 3 rings (SSSR count). The van der Waals surface area contributed by atoms with Crippen LogP contribution in [0.25, 0.3) is 5.57 Å². The van der Waals surface area contributed by atoms with Crippen LogP contribution in [0.1, 0.15) is 31.2 Å². The Hall–Kier alpha value is -0.500. The maximum absolute atomic E-state index is 6.14. The molecule has 0 aromatic heterocycles. The first-order chi connectivity index (χ1) is 9.11. The minimum atomic E-state index is 0.221. The topological polar surface area (TPSA) is 12.0 Å². The van der Waals surface area contributed by atoms with Gasteiger partial charge in [-0.2, -0.15) is 0 Å². The lowest BCUT2D eigenvalue weighted by molar-refractivity contribution is 0.384. The highest BCUT2D eigenvalue weighted by atomic mass is 35.5. The van der Waals surface area contributed by atoms with Gasteiger partial charge in [-0.3, -0.25) is 0 Å². The average molecular weight is 296 g/mol. The summed E-state index contributed by atoms with van der Waals surface area (Å²) in [5.41, 5.74) is 2.58. The molecule has 19 heavy (non-hydrogen) atoms. The van der Waals surface area contributed by atoms with Crippen LogP contribution in [0.2, 0.25) is 10.0 Å². The molecule has 0 radical (unpaired) electrons. The second-order valence-electron chi connectivity index (χ2n) is 5.96. The van der Waals surface area contributed by atoms with E-state index in [1.54, 1.807) is 0 Å². The van der Waals surface area contributed by atoms with Crippen LogP contribution in [0.5, 0.6) is 0 Å². The molecule has 0 amide bonds. The zero-order valence-corrected chi connectivity index (χ0v) is 12.5. The molecule has 1 nitrogen and oxygen atoms in total. The maximum Gasteiger partial charge on any atom is 0.0598 e. The Bertz CT molecular complexity index is 499. The summed E-state index contributed by atoms with van der Waals surface area (Å²) in [4.78, 5) is 0. The molecule has 3 heteroatoms. The van der Waals surface area contributed by atoms with E-state index in [-0.39, 0.29) is 5.41 Å². The van der Waals surface area contributed by atoms with Gasteiger partial charge in [-0.1, -0.05) is 48.7 Å². The number of nitrogens with one attached hydrogen (secondary N) is 1. The zero-order chi connectivity index (χ0) is 13.5. The second kappa shape index (κ2) is 5.12. The van der Waals surface area contributed by atoms with Crippen LogP contribution in [-0.4, -0.2) is 13.1 Å². The van der Waals surface area contributed by atoms with Gasteiger partial charge in [0, 0.05) is 12.0 Å². The molecule has 1 aliphatic heterocycles. The standard InChI is InChI=1S/C16H19Cl2N/c1-11(13-4-5-14(17)15(18)8-13)16(6-7-19-10-16)9-12-2-3-12/h4-5,8,12,19H,1-3,6-7,9-10H2. The van der Waals surface area contributed by atoms with Gasteiger partial charge < -0.3 is 5.32 Å². The Labute approximate surface area is 125 Å². The smallest absolute Gasteiger partial charge is 0.0598 e. The number of halogens is 2. The number of hydrogen-bond acceptors (Lipinski definition) is 1. The van der Waals surface area contributed by atoms with E-state index in [4.69, 9.17) is 23.2 Å². The van der Waals surface area contributed by atoms with Crippen molar-refractivity contribution in [1.82, 2.24) is 5.32 Å². The summed E-state index contributed by atoms with van der Waals surface area (Å²) in [6.07, 6.45) is 5.22. The van der Waals surface area contributed by atoms with Crippen molar-refractivity contribution >= 4 is 28.8 Å². The number of benzene rings is 1. The van der Waals surface area contributed by atoms with Crippen LogP contribution < -0.4 is 5.32 Å². The predicted molar refractivity (Wildman–Crippen MR) is 82.8 cm³/mol. The second-order valence-corrected chi connectivity index (χ2v) is 6.78. The third-order valence-electron chi connectivity index (χ3n) is 4.53. The van der Waals surface area contributed by atoms with Gasteiger partial charge >= 0.3 is 0 Å². The molecule has 1 aromatic carbocycles. The molecule has 1 atom stereocenters. The van der Waals surface area contributed by atoms with Gasteiger partial charge in [0.15, 0.2) is 0 Å². The van der Waals surface area contributed by atoms with E-state index in [1.807, 2.05) is 18.2 Å². The van der Waals surface area contributed by atoms with Crippen molar-refractivity contribution in [3.05, 3.63) is 40.4 Å². The van der Waals surface area contributed by atoms with Gasteiger partial charge in [0.05, 0.1) is 10.0 Å². The lowest BCUT2D eigenvalue weighted by Crippen LogP contribution is -2.26. The van der Waals surface area contributed by atoms with Crippen molar-refractivity contribution in [2.45, 2.75) is 25.7 Å². The largest absolute Gasteiger partial charge is 0.316 e. The molecule has 102 valence electrons. The van der Waals surface area contributed by atoms with Gasteiger partial charge in [0.2, 0.25) is 0 Å². The molecule has 0 bridgehead atoms. The molecule has 1 unspecified atom stereocenters. The summed E-state index contributed by atoms with van der Waals surface area (Å²) < 4.78 is 0. The Morgan fingerprint density at radius 1 is 1.32 bits per heavy atom. The summed E-state index contributed by atoms with van der Waals surface area (Å²) in [5.74, 6) is 0.902. The van der Waals surface area contributed by atoms with Crippen LogP contribution >= 0.6 is 23.2 Å². The monoisotopic (exact) mass is 295 g/mol. The van der Waals surface area contributed by atoms with Crippen LogP contribution in [0.15, 0.2) is 24.8 Å². The Morgan fingerprint density at radius 3 is 2.68 bits per heavy atom. The summed E-state index contributed by atoms with van der Waals surface area (Å²) in [6.45, 7) is 6.52. The highest BCUT2D eigenvalue weighted by Crippen LogP contribution is 2.50. The predicted octanol–water partition coefficient (Wildman–Crippen LogP) is 4.79. The first kappa shape index (κ1) is 13.5. The van der Waals surface area contributed by atoms with Crippen LogP contribution in [-0.2, 0) is 0 Å². The number of rotatable bonds is 4. The average Bonchev–Trinajstić information content (AvgIpc) is 3.07. The van der Waals surface area contributed by atoms with Gasteiger partial charge in [0.25, 0.3) is 0 Å². The first-order valence-corrected chi connectivity index (χ1v) is 7.72. The van der Waals surface area contributed by atoms with Gasteiger partial charge in [-0.25, -0.2) is 0 Å². The molecule has 1 aromatic rings. The molecule has 1 saturated carbocycles. The fourth-order valence-corrected chi connectivity index (χ4v) is 3.46. The summed E-state index contributed by atoms with van der Waals surface area (Å²) in [5, 5.41) is 4.73. The zero-order valence-electron chi connectivity index (χ0n) is 11.0. The molecule has 0 spiro atoms. The van der Waals surface area contributed by atoms with Crippen molar-refractivity contribution in [1.29, 1.82) is 0 Å². The molecule has 1 heterocycles. The van der Waals surface area contributed by atoms with Gasteiger partial charge in [0.1, 0.15) is 0 Å². The minimum Gasteiger partial charge on any atom is -0.316 e. The van der Waals surface area contributed by atoms with Crippen molar-refractivity contribution in [3.8, 4) is 0 Å². The Kier molecular flexibility index (Phi) is 3.63. The summed E-state index contributed by atoms with van der Waals surface area (Å²) in [6, 6.07) is 5.88. The van der Waals surface area contributed by atoms with Gasteiger partial charge in [-0.05, 0) is 48.6 Å². The van der Waals surface area contributed by atoms with Crippen LogP contribution in [0.3, 0.4) is 0 Å². The van der Waals surface area contributed by atoms with E-state index < -0.39 is 0 Å². The van der Waals surface area contributed by atoms with Crippen molar-refractivity contribution in [2.24, 2.45) is 11.3 Å². The lowest BCUT2D eigenvalue weighted by Gasteiger charge is -2.31. The fraction of sp³-hybridized carbons (Fsp3) is 0.500. The SMILES string of the molecule is C=C(c1ccc(Cl)c(Cl)c1)C1(CC2CC2)CCNC1. The summed E-state index contributed by atoms with van der Waals surface area (Å²) in [7, 11) is 0. The molecule has 1 aliphatic carbocycles. The first-order valence-electron chi connectivity index (χ1n) is 6.96. The number of hydrogen-bond donors (Lipinski definition) is 1. The fourth-order valence-electron chi connectivity index (χ4n) is 3.16. The van der Waals surface area contributed by atoms with Gasteiger partial charge in [-0.15, -0.1) is 0 Å². The molecule has 1 saturated heterocycles. The molecule has 2 aliphatic rings. The van der Waals surface area contributed by atoms with E-state index in [9.17, 15) is 0 Å². The van der Waals surface area contributed by atoms with Crippen LogP contribution in [0, 0.1) is 11.3 Å². The third kappa shape index (κ3) is 2.69. The molecular weight excluding hydrogens is 277 g/mol. The highest BCUT2D eigenvalue weighted by molar-refractivity contribution is 6.42. The van der Waals surface area contributed by atoms with E-state index >= 15 is 0 Å². The summed E-state index contributed by atoms with van der Waals surface area (Å²) >= 11 is 12.1. The van der Waals surface area contributed by atoms with Crippen molar-refractivity contribution in [2.75, 3.05) is 13.1 Å². The quantitative estimate of drug-likeness (QED) is 0.842. The van der Waals surface area contributed by atoms with E-state index in [2.05, 4.69) is 11.9 Å². The lowest BCUT2D eigenvalue weighted by atomic mass is 9.73. The van der Waals surface area contributed by atoms with Crippen molar-refractivity contribution < 1.29 is 0 Å². The molecule has 1 N–H and O–H groups in total. The van der Waals surface area contributed by atoms with E-state index in [1.165, 1.54) is 31.3 Å². The highest BCUT2D eigenvalue weighted by Gasteiger charge is 2.41.